The van der Waals surface area contributed by atoms with Crippen molar-refractivity contribution in [3.63, 3.8) is 0 Å². The Morgan fingerprint density at radius 1 is 1.27 bits per heavy atom. The molecule has 1 heterocycles. The van der Waals surface area contributed by atoms with E-state index in [2.05, 4.69) is 4.99 Å². The summed E-state index contributed by atoms with van der Waals surface area (Å²) in [6.45, 7) is 0. The van der Waals surface area contributed by atoms with E-state index >= 15 is 0 Å². The number of aliphatic imine (C=N–C) groups is 1. The SMILES string of the molecule is OC1=CC=CC2C=CC=NC12. The third-order valence-electron chi connectivity index (χ3n) is 1.93. The fourth-order valence-electron chi connectivity index (χ4n) is 1.35. The molecule has 0 spiro atoms. The molecule has 2 unspecified atom stereocenters. The summed E-state index contributed by atoms with van der Waals surface area (Å²) in [5.74, 6) is 0.614. The maximum Gasteiger partial charge on any atom is 0.118 e. The van der Waals surface area contributed by atoms with Crippen molar-refractivity contribution in [1.29, 1.82) is 0 Å². The lowest BCUT2D eigenvalue weighted by Gasteiger charge is -2.22. The molecule has 0 bridgehead atoms. The van der Waals surface area contributed by atoms with Crippen LogP contribution in [0.4, 0.5) is 0 Å². The lowest BCUT2D eigenvalue weighted by atomic mass is 9.92. The molecular weight excluding hydrogens is 138 g/mol. The van der Waals surface area contributed by atoms with Crippen molar-refractivity contribution in [2.24, 2.45) is 10.9 Å². The molecule has 0 aromatic heterocycles. The smallest absolute Gasteiger partial charge is 0.118 e. The summed E-state index contributed by atoms with van der Waals surface area (Å²) >= 11 is 0. The van der Waals surface area contributed by atoms with Crippen molar-refractivity contribution in [2.45, 2.75) is 6.04 Å². The second kappa shape index (κ2) is 2.38. The Bertz CT molecular complexity index is 273. The highest BCUT2D eigenvalue weighted by Crippen LogP contribution is 2.23. The molecule has 0 aromatic carbocycles. The zero-order valence-corrected chi connectivity index (χ0v) is 6.01. The average molecular weight is 147 g/mol. The van der Waals surface area contributed by atoms with Gasteiger partial charge in [-0.05, 0) is 12.2 Å². The van der Waals surface area contributed by atoms with Crippen molar-refractivity contribution in [3.8, 4) is 0 Å². The summed E-state index contributed by atoms with van der Waals surface area (Å²) in [5.41, 5.74) is 0. The summed E-state index contributed by atoms with van der Waals surface area (Å²) in [6, 6.07) is -0.0648. The minimum absolute atomic E-state index is 0.0648. The molecule has 2 nitrogen and oxygen atoms in total. The summed E-state index contributed by atoms with van der Waals surface area (Å²) < 4.78 is 0. The summed E-state index contributed by atoms with van der Waals surface area (Å²) in [5, 5.41) is 9.37. The van der Waals surface area contributed by atoms with E-state index < -0.39 is 0 Å². The normalized spacial score (nSPS) is 33.3. The van der Waals surface area contributed by atoms with Crippen LogP contribution in [0.5, 0.6) is 0 Å². The molecule has 1 N–H and O–H groups in total. The van der Waals surface area contributed by atoms with Crippen molar-refractivity contribution in [3.05, 3.63) is 36.1 Å². The van der Waals surface area contributed by atoms with Crippen molar-refractivity contribution in [2.75, 3.05) is 0 Å². The molecule has 0 amide bonds. The van der Waals surface area contributed by atoms with Gasteiger partial charge in [0, 0.05) is 12.1 Å². The van der Waals surface area contributed by atoms with Crippen LogP contribution in [0.15, 0.2) is 41.1 Å². The predicted octanol–water partition coefficient (Wildman–Crippen LogP) is 1.62. The standard InChI is InChI=1S/C9H9NO/c11-8-5-1-3-7-4-2-6-10-9(7)8/h1-7,9,11H. The van der Waals surface area contributed by atoms with Crippen LogP contribution in [0.1, 0.15) is 0 Å². The fraction of sp³-hybridized carbons (Fsp3) is 0.222. The van der Waals surface area contributed by atoms with Crippen LogP contribution in [0, 0.1) is 5.92 Å². The quantitative estimate of drug-likeness (QED) is 0.555. The Hall–Kier alpha value is -1.31. The molecule has 56 valence electrons. The number of rotatable bonds is 0. The Morgan fingerprint density at radius 3 is 2.91 bits per heavy atom. The van der Waals surface area contributed by atoms with E-state index in [1.807, 2.05) is 24.3 Å². The molecule has 0 aromatic rings. The van der Waals surface area contributed by atoms with E-state index in [0.29, 0.717) is 5.76 Å². The number of allylic oxidation sites excluding steroid dienone is 3. The van der Waals surface area contributed by atoms with Crippen LogP contribution in [0.3, 0.4) is 0 Å². The van der Waals surface area contributed by atoms with Gasteiger partial charge in [-0.15, -0.1) is 0 Å². The highest BCUT2D eigenvalue weighted by Gasteiger charge is 2.22. The molecule has 2 heteroatoms. The second-order valence-corrected chi connectivity index (χ2v) is 2.68. The lowest BCUT2D eigenvalue weighted by molar-refractivity contribution is 0.349. The first kappa shape index (κ1) is 6.40. The fourth-order valence-corrected chi connectivity index (χ4v) is 1.35. The number of hydrogen-bond acceptors (Lipinski definition) is 2. The molecule has 0 saturated heterocycles. The predicted molar refractivity (Wildman–Crippen MR) is 44.8 cm³/mol. The van der Waals surface area contributed by atoms with E-state index in [-0.39, 0.29) is 12.0 Å². The molecule has 0 radical (unpaired) electrons. The number of hydrogen-bond donors (Lipinski definition) is 1. The molecule has 1 aliphatic carbocycles. The van der Waals surface area contributed by atoms with E-state index in [1.165, 1.54) is 0 Å². The van der Waals surface area contributed by atoms with Gasteiger partial charge in [-0.25, -0.2) is 0 Å². The minimum atomic E-state index is -0.0648. The Morgan fingerprint density at radius 2 is 2.09 bits per heavy atom. The minimum Gasteiger partial charge on any atom is -0.510 e. The van der Waals surface area contributed by atoms with Crippen molar-refractivity contribution < 1.29 is 5.11 Å². The van der Waals surface area contributed by atoms with Crippen LogP contribution in [0.25, 0.3) is 0 Å². The molecule has 2 aliphatic rings. The number of dihydropyridines is 1. The highest BCUT2D eigenvalue weighted by atomic mass is 16.3. The van der Waals surface area contributed by atoms with E-state index in [0.717, 1.165) is 0 Å². The van der Waals surface area contributed by atoms with Gasteiger partial charge < -0.3 is 5.11 Å². The summed E-state index contributed by atoms with van der Waals surface area (Å²) in [4.78, 5) is 4.15. The van der Waals surface area contributed by atoms with Gasteiger partial charge in [-0.3, -0.25) is 4.99 Å². The molecule has 2 atom stereocenters. The van der Waals surface area contributed by atoms with Crippen LogP contribution < -0.4 is 0 Å². The van der Waals surface area contributed by atoms with Crippen LogP contribution >= 0.6 is 0 Å². The number of aliphatic hydroxyl groups is 1. The molecule has 1 aliphatic heterocycles. The van der Waals surface area contributed by atoms with Crippen LogP contribution in [-0.4, -0.2) is 17.4 Å². The van der Waals surface area contributed by atoms with Gasteiger partial charge in [-0.1, -0.05) is 18.2 Å². The molecule has 0 saturated carbocycles. The van der Waals surface area contributed by atoms with Crippen LogP contribution in [0.2, 0.25) is 0 Å². The van der Waals surface area contributed by atoms with E-state index in [1.54, 1.807) is 12.3 Å². The number of fused-ring (bicyclic) bond motifs is 1. The monoisotopic (exact) mass is 147 g/mol. The van der Waals surface area contributed by atoms with Gasteiger partial charge in [0.25, 0.3) is 0 Å². The maximum absolute atomic E-state index is 9.37. The van der Waals surface area contributed by atoms with Gasteiger partial charge in [0.2, 0.25) is 0 Å². The first-order valence-electron chi connectivity index (χ1n) is 3.65. The molecule has 2 rings (SSSR count). The Balaban J connectivity index is 2.33. The van der Waals surface area contributed by atoms with E-state index in [4.69, 9.17) is 0 Å². The Kier molecular flexibility index (Phi) is 1.39. The average Bonchev–Trinajstić information content (AvgIpc) is 2.06. The number of aliphatic hydroxyl groups excluding tert-OH is 1. The zero-order chi connectivity index (χ0) is 7.68. The topological polar surface area (TPSA) is 32.6 Å². The zero-order valence-electron chi connectivity index (χ0n) is 6.01. The van der Waals surface area contributed by atoms with Gasteiger partial charge in [0.05, 0.1) is 0 Å². The summed E-state index contributed by atoms with van der Waals surface area (Å²) in [7, 11) is 0. The van der Waals surface area contributed by atoms with Crippen molar-refractivity contribution >= 4 is 6.21 Å². The van der Waals surface area contributed by atoms with Gasteiger partial charge in [0.15, 0.2) is 0 Å². The Labute approximate surface area is 65.3 Å². The first-order valence-corrected chi connectivity index (χ1v) is 3.65. The summed E-state index contributed by atoms with van der Waals surface area (Å²) in [6.07, 6.45) is 11.3. The third kappa shape index (κ3) is 1.00. The highest BCUT2D eigenvalue weighted by molar-refractivity contribution is 5.73. The largest absolute Gasteiger partial charge is 0.510 e. The van der Waals surface area contributed by atoms with Gasteiger partial charge >= 0.3 is 0 Å². The van der Waals surface area contributed by atoms with E-state index in [9.17, 15) is 5.11 Å². The first-order chi connectivity index (χ1) is 5.38. The molecular formula is C9H9NO. The van der Waals surface area contributed by atoms with Crippen molar-refractivity contribution in [1.82, 2.24) is 0 Å². The lowest BCUT2D eigenvalue weighted by Crippen LogP contribution is -2.21. The van der Waals surface area contributed by atoms with Gasteiger partial charge in [0.1, 0.15) is 11.8 Å². The van der Waals surface area contributed by atoms with Gasteiger partial charge in [-0.2, -0.15) is 0 Å². The number of nitrogens with zero attached hydrogens (tertiary/aromatic N) is 1. The third-order valence-corrected chi connectivity index (χ3v) is 1.93. The van der Waals surface area contributed by atoms with Crippen LogP contribution in [-0.2, 0) is 0 Å². The molecule has 0 fully saturated rings. The second-order valence-electron chi connectivity index (χ2n) is 2.68. The molecule has 11 heavy (non-hydrogen) atoms. The maximum atomic E-state index is 9.37.